The van der Waals surface area contributed by atoms with Crippen LogP contribution in [0.5, 0.6) is 0 Å². The molecule has 1 aromatic heterocycles. The average molecular weight is 194 g/mol. The second kappa shape index (κ2) is 3.95. The van der Waals surface area contributed by atoms with E-state index in [1.807, 2.05) is 33.9 Å². The third kappa shape index (κ3) is 2.03. The molecule has 0 aliphatic carbocycles. The summed E-state index contributed by atoms with van der Waals surface area (Å²) in [5.41, 5.74) is 0.445. The molecule has 78 valence electrons. The van der Waals surface area contributed by atoms with Crippen LogP contribution in [0.1, 0.15) is 44.5 Å². The zero-order valence-corrected chi connectivity index (χ0v) is 9.37. The van der Waals surface area contributed by atoms with E-state index in [1.54, 1.807) is 10.9 Å². The van der Waals surface area contributed by atoms with Crippen LogP contribution in [0, 0.1) is 5.41 Å². The normalized spacial score (nSPS) is 11.7. The first-order chi connectivity index (χ1) is 6.51. The summed E-state index contributed by atoms with van der Waals surface area (Å²) in [5.74, 6) is 0.180. The molecule has 0 saturated heterocycles. The first kappa shape index (κ1) is 11.0. The summed E-state index contributed by atoms with van der Waals surface area (Å²) in [6.07, 6.45) is 4.33. The monoisotopic (exact) mass is 194 g/mol. The molecule has 0 aliphatic rings. The van der Waals surface area contributed by atoms with Gasteiger partial charge in [-0.15, -0.1) is 0 Å². The molecule has 14 heavy (non-hydrogen) atoms. The van der Waals surface area contributed by atoms with Crippen molar-refractivity contribution in [1.29, 1.82) is 0 Å². The van der Waals surface area contributed by atoms with Gasteiger partial charge >= 0.3 is 0 Å². The van der Waals surface area contributed by atoms with Gasteiger partial charge in [-0.3, -0.25) is 9.48 Å². The Labute approximate surface area is 85.1 Å². The number of nitrogens with zero attached hydrogens (tertiary/aromatic N) is 2. The van der Waals surface area contributed by atoms with Gasteiger partial charge in [0.05, 0.1) is 11.8 Å². The van der Waals surface area contributed by atoms with E-state index in [9.17, 15) is 4.79 Å². The second-order valence-electron chi connectivity index (χ2n) is 4.15. The molecule has 0 amide bonds. The SMILES string of the molecule is CCn1cc(C(=O)C(C)(C)CC)cn1. The van der Waals surface area contributed by atoms with E-state index < -0.39 is 0 Å². The Morgan fingerprint density at radius 2 is 2.14 bits per heavy atom. The topological polar surface area (TPSA) is 34.9 Å². The molecule has 0 radical (unpaired) electrons. The van der Waals surface area contributed by atoms with E-state index in [0.29, 0.717) is 0 Å². The molecule has 3 nitrogen and oxygen atoms in total. The van der Waals surface area contributed by atoms with Crippen LogP contribution in [0.15, 0.2) is 12.4 Å². The van der Waals surface area contributed by atoms with Gasteiger partial charge < -0.3 is 0 Å². The molecule has 0 unspecified atom stereocenters. The number of rotatable bonds is 4. The van der Waals surface area contributed by atoms with Crippen LogP contribution in [0.4, 0.5) is 0 Å². The van der Waals surface area contributed by atoms with Crippen LogP contribution in [-0.4, -0.2) is 15.6 Å². The summed E-state index contributed by atoms with van der Waals surface area (Å²) < 4.78 is 1.78. The number of hydrogen-bond donors (Lipinski definition) is 0. The zero-order chi connectivity index (χ0) is 10.8. The molecule has 1 heterocycles. The molecule has 0 aliphatic heterocycles. The first-order valence-electron chi connectivity index (χ1n) is 5.08. The Kier molecular flexibility index (Phi) is 3.09. The van der Waals surface area contributed by atoms with E-state index in [-0.39, 0.29) is 11.2 Å². The fraction of sp³-hybridized carbons (Fsp3) is 0.636. The van der Waals surface area contributed by atoms with Gasteiger partial charge in [0.15, 0.2) is 5.78 Å². The van der Waals surface area contributed by atoms with Crippen LogP contribution < -0.4 is 0 Å². The molecule has 0 N–H and O–H groups in total. The predicted molar refractivity (Wildman–Crippen MR) is 56.3 cm³/mol. The number of carbonyl (C=O) groups excluding carboxylic acids is 1. The lowest BCUT2D eigenvalue weighted by Gasteiger charge is -2.19. The predicted octanol–water partition coefficient (Wildman–Crippen LogP) is 2.52. The lowest BCUT2D eigenvalue weighted by Crippen LogP contribution is -2.22. The highest BCUT2D eigenvalue weighted by molar-refractivity contribution is 5.99. The van der Waals surface area contributed by atoms with E-state index in [1.165, 1.54) is 0 Å². The first-order valence-corrected chi connectivity index (χ1v) is 5.08. The molecule has 0 bridgehead atoms. The molecule has 0 fully saturated rings. The Hall–Kier alpha value is -1.12. The largest absolute Gasteiger partial charge is 0.293 e. The van der Waals surface area contributed by atoms with Gasteiger partial charge in [-0.05, 0) is 13.3 Å². The molecule has 3 heteroatoms. The lowest BCUT2D eigenvalue weighted by atomic mass is 9.83. The maximum absolute atomic E-state index is 12.0. The number of ketones is 1. The molecule has 1 rings (SSSR count). The van der Waals surface area contributed by atoms with Crippen molar-refractivity contribution in [2.24, 2.45) is 5.41 Å². The van der Waals surface area contributed by atoms with E-state index in [2.05, 4.69) is 5.10 Å². The Bertz CT molecular complexity index is 326. The number of carbonyl (C=O) groups is 1. The molecule has 0 aromatic carbocycles. The summed E-state index contributed by atoms with van der Waals surface area (Å²) in [6.45, 7) is 8.78. The Morgan fingerprint density at radius 3 is 2.57 bits per heavy atom. The molecule has 0 spiro atoms. The van der Waals surface area contributed by atoms with Gasteiger partial charge in [0, 0.05) is 18.2 Å². The van der Waals surface area contributed by atoms with Crippen molar-refractivity contribution in [3.63, 3.8) is 0 Å². The van der Waals surface area contributed by atoms with Crippen molar-refractivity contribution in [3.05, 3.63) is 18.0 Å². The van der Waals surface area contributed by atoms with E-state index in [4.69, 9.17) is 0 Å². The van der Waals surface area contributed by atoms with Gasteiger partial charge in [0.25, 0.3) is 0 Å². The van der Waals surface area contributed by atoms with Crippen LogP contribution in [0.25, 0.3) is 0 Å². The second-order valence-corrected chi connectivity index (χ2v) is 4.15. The highest BCUT2D eigenvalue weighted by Gasteiger charge is 2.27. The van der Waals surface area contributed by atoms with E-state index in [0.717, 1.165) is 18.5 Å². The minimum atomic E-state index is -0.276. The van der Waals surface area contributed by atoms with E-state index >= 15 is 0 Å². The average Bonchev–Trinajstić information content (AvgIpc) is 2.64. The summed E-state index contributed by atoms with van der Waals surface area (Å²) >= 11 is 0. The van der Waals surface area contributed by atoms with Crippen molar-refractivity contribution >= 4 is 5.78 Å². The fourth-order valence-corrected chi connectivity index (χ4v) is 1.21. The summed E-state index contributed by atoms with van der Waals surface area (Å²) in [5, 5.41) is 4.10. The molecular formula is C11H18N2O. The minimum Gasteiger partial charge on any atom is -0.293 e. The van der Waals surface area contributed by atoms with Crippen LogP contribution in [-0.2, 0) is 6.54 Å². The van der Waals surface area contributed by atoms with Crippen molar-refractivity contribution in [2.75, 3.05) is 0 Å². The summed E-state index contributed by atoms with van der Waals surface area (Å²) in [4.78, 5) is 12.0. The number of hydrogen-bond acceptors (Lipinski definition) is 2. The van der Waals surface area contributed by atoms with Crippen molar-refractivity contribution < 1.29 is 4.79 Å². The summed E-state index contributed by atoms with van der Waals surface area (Å²) in [7, 11) is 0. The highest BCUT2D eigenvalue weighted by atomic mass is 16.1. The minimum absolute atomic E-state index is 0.180. The maximum atomic E-state index is 12.0. The highest BCUT2D eigenvalue weighted by Crippen LogP contribution is 2.25. The van der Waals surface area contributed by atoms with Gasteiger partial charge in [-0.25, -0.2) is 0 Å². The third-order valence-corrected chi connectivity index (χ3v) is 2.72. The molecular weight excluding hydrogens is 176 g/mol. The van der Waals surface area contributed by atoms with Gasteiger partial charge in [-0.1, -0.05) is 20.8 Å². The lowest BCUT2D eigenvalue weighted by molar-refractivity contribution is 0.0833. The third-order valence-electron chi connectivity index (χ3n) is 2.72. The van der Waals surface area contributed by atoms with Crippen LogP contribution >= 0.6 is 0 Å². The quantitative estimate of drug-likeness (QED) is 0.690. The van der Waals surface area contributed by atoms with Gasteiger partial charge in [-0.2, -0.15) is 5.10 Å². The zero-order valence-electron chi connectivity index (χ0n) is 9.37. The van der Waals surface area contributed by atoms with Crippen LogP contribution in [0.3, 0.4) is 0 Å². The Balaban J connectivity index is 2.89. The van der Waals surface area contributed by atoms with Crippen LogP contribution in [0.2, 0.25) is 0 Å². The molecule has 0 saturated carbocycles. The van der Waals surface area contributed by atoms with Crippen molar-refractivity contribution in [2.45, 2.75) is 40.7 Å². The standard InChI is InChI=1S/C11H18N2O/c1-5-11(3,4)10(14)9-7-12-13(6-2)8-9/h7-8H,5-6H2,1-4H3. The number of Topliss-reactive ketones (excluding diaryl/α,β-unsaturated/α-hetero) is 1. The summed E-state index contributed by atoms with van der Waals surface area (Å²) in [6, 6.07) is 0. The Morgan fingerprint density at radius 1 is 1.50 bits per heavy atom. The van der Waals surface area contributed by atoms with Crippen molar-refractivity contribution in [1.82, 2.24) is 9.78 Å². The molecule has 1 aromatic rings. The fourth-order valence-electron chi connectivity index (χ4n) is 1.21. The van der Waals surface area contributed by atoms with Gasteiger partial charge in [0.2, 0.25) is 0 Å². The smallest absolute Gasteiger partial charge is 0.171 e. The number of aromatic nitrogens is 2. The molecule has 0 atom stereocenters. The van der Waals surface area contributed by atoms with Gasteiger partial charge in [0.1, 0.15) is 0 Å². The number of aryl methyl sites for hydroxylation is 1. The van der Waals surface area contributed by atoms with Crippen molar-refractivity contribution in [3.8, 4) is 0 Å². The maximum Gasteiger partial charge on any atom is 0.171 e.